The Morgan fingerprint density at radius 2 is 2.07 bits per heavy atom. The molecule has 0 unspecified atom stereocenters. The van der Waals surface area contributed by atoms with Gasteiger partial charge in [0.1, 0.15) is 7.05 Å². The van der Waals surface area contributed by atoms with Gasteiger partial charge in [0.15, 0.2) is 6.20 Å². The van der Waals surface area contributed by atoms with E-state index in [1.54, 1.807) is 0 Å². The Hall–Kier alpha value is -1.24. The molecule has 0 aromatic carbocycles. The lowest BCUT2D eigenvalue weighted by Gasteiger charge is -1.88. The molecule has 1 N–H and O–H groups in total. The van der Waals surface area contributed by atoms with Gasteiger partial charge in [0, 0.05) is 18.2 Å². The van der Waals surface area contributed by atoms with Crippen molar-refractivity contribution in [2.45, 2.75) is 0 Å². The maximum Gasteiger partial charge on any atom is 0.215 e. The van der Waals surface area contributed by atoms with Crippen molar-refractivity contribution in [3.05, 3.63) is 36.7 Å². The van der Waals surface area contributed by atoms with Crippen LogP contribution in [0.2, 0.25) is 0 Å². The fourth-order valence-electron chi connectivity index (χ4n) is 0.749. The summed E-state index contributed by atoms with van der Waals surface area (Å²) in [5.74, 6) is 0. The molecule has 1 heterocycles. The molecule has 0 aliphatic rings. The SMILES string of the molecule is C=Cc1cccc[n+]1C.O=S(=O)([O-])O. The summed E-state index contributed by atoms with van der Waals surface area (Å²) in [6, 6.07) is 6.01. The van der Waals surface area contributed by atoms with Crippen LogP contribution in [0, 0.1) is 0 Å². The van der Waals surface area contributed by atoms with Crippen LogP contribution in [-0.4, -0.2) is 17.5 Å². The van der Waals surface area contributed by atoms with Gasteiger partial charge in [0.05, 0.1) is 0 Å². The van der Waals surface area contributed by atoms with Crippen LogP contribution in [0.4, 0.5) is 0 Å². The van der Waals surface area contributed by atoms with Gasteiger partial charge in [-0.15, -0.1) is 0 Å². The standard InChI is InChI=1S/C8H10N.H2O4S/c1-3-8-6-4-5-7-9(8)2;1-5(2,3)4/h3-7H,1H2,2H3;(H2,1,2,3,4)/q+1;/p-1. The molecule has 6 heteroatoms. The van der Waals surface area contributed by atoms with Crippen molar-refractivity contribution in [1.82, 2.24) is 0 Å². The smallest absolute Gasteiger partial charge is 0.215 e. The molecule has 1 rings (SSSR count). The van der Waals surface area contributed by atoms with Gasteiger partial charge in [-0.25, -0.2) is 13.0 Å². The second-order valence-electron chi connectivity index (χ2n) is 2.37. The molecule has 0 aliphatic carbocycles. The van der Waals surface area contributed by atoms with Gasteiger partial charge in [-0.3, -0.25) is 4.55 Å². The molecule has 5 nitrogen and oxygen atoms in total. The Balaban J connectivity index is 0.000000292. The summed E-state index contributed by atoms with van der Waals surface area (Å²) >= 11 is 0. The predicted octanol–water partition coefficient (Wildman–Crippen LogP) is 0.159. The zero-order valence-electron chi connectivity index (χ0n) is 7.62. The third kappa shape index (κ3) is 7.41. The lowest BCUT2D eigenvalue weighted by Crippen LogP contribution is -2.30. The second-order valence-corrected chi connectivity index (χ2v) is 3.22. The minimum atomic E-state index is -4.92. The molecule has 14 heavy (non-hydrogen) atoms. The van der Waals surface area contributed by atoms with Crippen LogP contribution in [-0.2, 0) is 17.4 Å². The van der Waals surface area contributed by atoms with Gasteiger partial charge in [-0.1, -0.05) is 6.58 Å². The van der Waals surface area contributed by atoms with Gasteiger partial charge in [-0.05, 0) is 6.07 Å². The molecule has 0 saturated heterocycles. The van der Waals surface area contributed by atoms with Crippen molar-refractivity contribution in [3.8, 4) is 0 Å². The third-order valence-corrected chi connectivity index (χ3v) is 1.30. The zero-order valence-corrected chi connectivity index (χ0v) is 8.44. The first-order valence-corrected chi connectivity index (χ1v) is 4.96. The predicted molar refractivity (Wildman–Crippen MR) is 50.0 cm³/mol. The van der Waals surface area contributed by atoms with Crippen molar-refractivity contribution in [3.63, 3.8) is 0 Å². The van der Waals surface area contributed by atoms with E-state index in [2.05, 4.69) is 6.58 Å². The molecule has 0 spiro atoms. The van der Waals surface area contributed by atoms with E-state index in [9.17, 15) is 0 Å². The summed E-state index contributed by atoms with van der Waals surface area (Å²) in [7, 11) is -2.92. The zero-order chi connectivity index (χ0) is 11.2. The maximum absolute atomic E-state index is 8.63. The highest BCUT2D eigenvalue weighted by Gasteiger charge is 1.94. The molecule has 0 bridgehead atoms. The van der Waals surface area contributed by atoms with Crippen LogP contribution in [0.25, 0.3) is 6.08 Å². The second kappa shape index (κ2) is 5.48. The fraction of sp³-hybridized carbons (Fsp3) is 0.125. The van der Waals surface area contributed by atoms with Crippen LogP contribution in [0.3, 0.4) is 0 Å². The monoisotopic (exact) mass is 217 g/mol. The minimum absolute atomic E-state index is 1.14. The largest absolute Gasteiger partial charge is 0.726 e. The molecular formula is C8H11NO4S. The Kier molecular flexibility index (Phi) is 5.00. The fourth-order valence-corrected chi connectivity index (χ4v) is 0.749. The van der Waals surface area contributed by atoms with Crippen molar-refractivity contribution in [1.29, 1.82) is 0 Å². The molecule has 0 aliphatic heterocycles. The van der Waals surface area contributed by atoms with Crippen LogP contribution in [0.1, 0.15) is 5.69 Å². The number of hydrogen-bond donors (Lipinski definition) is 1. The molecule has 1 aromatic rings. The van der Waals surface area contributed by atoms with Crippen molar-refractivity contribution in [2.75, 3.05) is 0 Å². The van der Waals surface area contributed by atoms with Crippen LogP contribution in [0.15, 0.2) is 31.0 Å². The van der Waals surface area contributed by atoms with Crippen molar-refractivity contribution >= 4 is 16.5 Å². The highest BCUT2D eigenvalue weighted by Crippen LogP contribution is 1.89. The molecule has 1 aromatic heterocycles. The Morgan fingerprint density at radius 3 is 2.36 bits per heavy atom. The summed E-state index contributed by atoms with van der Waals surface area (Å²) in [5.41, 5.74) is 1.14. The number of aromatic nitrogens is 1. The van der Waals surface area contributed by atoms with Gasteiger partial charge < -0.3 is 4.55 Å². The minimum Gasteiger partial charge on any atom is -0.726 e. The van der Waals surface area contributed by atoms with Crippen molar-refractivity contribution in [2.24, 2.45) is 7.05 Å². The molecular weight excluding hydrogens is 206 g/mol. The number of hydrogen-bond acceptors (Lipinski definition) is 3. The summed E-state index contributed by atoms with van der Waals surface area (Å²) in [6.07, 6.45) is 3.83. The van der Waals surface area contributed by atoms with E-state index in [1.807, 2.05) is 42.1 Å². The van der Waals surface area contributed by atoms with E-state index in [0.29, 0.717) is 0 Å². The topological polar surface area (TPSA) is 81.3 Å². The average Bonchev–Trinajstić information content (AvgIpc) is 2.02. The van der Waals surface area contributed by atoms with Crippen molar-refractivity contribution < 1.29 is 22.1 Å². The lowest BCUT2D eigenvalue weighted by atomic mass is 10.3. The van der Waals surface area contributed by atoms with Crippen LogP contribution in [0.5, 0.6) is 0 Å². The highest BCUT2D eigenvalue weighted by molar-refractivity contribution is 7.79. The number of nitrogens with zero attached hydrogens (tertiary/aromatic N) is 1. The Morgan fingerprint density at radius 1 is 1.57 bits per heavy atom. The number of pyridine rings is 1. The average molecular weight is 217 g/mol. The maximum atomic E-state index is 8.63. The molecule has 0 amide bonds. The van der Waals surface area contributed by atoms with Gasteiger partial charge >= 0.3 is 0 Å². The van der Waals surface area contributed by atoms with E-state index in [-0.39, 0.29) is 0 Å². The number of rotatable bonds is 1. The van der Waals surface area contributed by atoms with E-state index in [0.717, 1.165) is 5.69 Å². The first-order valence-electron chi connectivity index (χ1n) is 3.60. The van der Waals surface area contributed by atoms with Gasteiger partial charge in [0.2, 0.25) is 16.1 Å². The Bertz CT molecular complexity index is 392. The quantitative estimate of drug-likeness (QED) is 0.412. The normalized spacial score (nSPS) is 9.93. The summed E-state index contributed by atoms with van der Waals surface area (Å²) in [6.45, 7) is 3.67. The van der Waals surface area contributed by atoms with Gasteiger partial charge in [0.25, 0.3) is 0 Å². The van der Waals surface area contributed by atoms with Gasteiger partial charge in [-0.2, -0.15) is 0 Å². The molecule has 0 saturated carbocycles. The Labute approximate surface area is 82.9 Å². The van der Waals surface area contributed by atoms with E-state index >= 15 is 0 Å². The molecule has 0 radical (unpaired) electrons. The first-order chi connectivity index (χ1) is 6.34. The first kappa shape index (κ1) is 12.8. The highest BCUT2D eigenvalue weighted by atomic mass is 32.3. The number of aryl methyl sites for hydroxylation is 1. The summed E-state index contributed by atoms with van der Waals surface area (Å²) in [5, 5.41) is 0. The molecule has 78 valence electrons. The van der Waals surface area contributed by atoms with E-state index in [1.165, 1.54) is 0 Å². The molecule has 0 fully saturated rings. The molecule has 0 atom stereocenters. The van der Waals surface area contributed by atoms with Crippen LogP contribution < -0.4 is 4.57 Å². The third-order valence-electron chi connectivity index (χ3n) is 1.30. The van der Waals surface area contributed by atoms with E-state index in [4.69, 9.17) is 17.5 Å². The lowest BCUT2D eigenvalue weighted by molar-refractivity contribution is -0.673. The van der Waals surface area contributed by atoms with E-state index < -0.39 is 10.4 Å². The van der Waals surface area contributed by atoms with Crippen LogP contribution >= 0.6 is 0 Å². The summed E-state index contributed by atoms with van der Waals surface area (Å²) < 4.78 is 34.9. The summed E-state index contributed by atoms with van der Waals surface area (Å²) in [4.78, 5) is 0.